The van der Waals surface area contributed by atoms with Gasteiger partial charge >= 0.3 is 29.6 Å². The average molecular weight is 219 g/mol. The fourth-order valence-corrected chi connectivity index (χ4v) is 1.49. The molecule has 0 saturated carbocycles. The van der Waals surface area contributed by atoms with E-state index in [4.69, 9.17) is 24.8 Å². The Morgan fingerprint density at radius 2 is 1.92 bits per heavy atom. The molecule has 0 aliphatic rings. The van der Waals surface area contributed by atoms with Crippen molar-refractivity contribution in [3.05, 3.63) is 30.3 Å². The van der Waals surface area contributed by atoms with Crippen LogP contribution in [0.1, 0.15) is 6.92 Å². The molecule has 0 aliphatic carbocycles. The van der Waals surface area contributed by atoms with E-state index in [2.05, 4.69) is 0 Å². The molecule has 1 nitrogen and oxygen atoms in total. The van der Waals surface area contributed by atoms with Gasteiger partial charge in [0.25, 0.3) is 0 Å². The summed E-state index contributed by atoms with van der Waals surface area (Å²) < 4.78 is 0.503. The van der Waals surface area contributed by atoms with E-state index in [9.17, 15) is 0 Å². The summed E-state index contributed by atoms with van der Waals surface area (Å²) in [7, 11) is 0. The predicted octanol–water partition coefficient (Wildman–Crippen LogP) is -0.651. The first-order valence-corrected chi connectivity index (χ1v) is 4.61. The fraction of sp³-hybridized carbons (Fsp3) is 0.222. The molecule has 1 aromatic carbocycles. The van der Waals surface area contributed by atoms with E-state index in [1.807, 2.05) is 42.2 Å². The molecular weight excluding hydrogens is 209 g/mol. The Kier molecular flexibility index (Phi) is 6.91. The van der Waals surface area contributed by atoms with E-state index in [-0.39, 0.29) is 29.6 Å². The zero-order valence-electron chi connectivity index (χ0n) is 7.86. The van der Waals surface area contributed by atoms with Gasteiger partial charge in [-0.2, -0.15) is 0 Å². The second kappa shape index (κ2) is 6.74. The first kappa shape index (κ1) is 13.3. The number of rotatable bonds is 2. The van der Waals surface area contributed by atoms with E-state index < -0.39 is 0 Å². The molecule has 0 spiro atoms. The van der Waals surface area contributed by atoms with Crippen molar-refractivity contribution in [3.8, 4) is 0 Å². The Balaban J connectivity index is 0.00000144. The third-order valence-electron chi connectivity index (χ3n) is 1.60. The number of anilines is 1. The number of hydrogen-bond donors (Lipinski definition) is 0. The zero-order chi connectivity index (χ0) is 8.97. The summed E-state index contributed by atoms with van der Waals surface area (Å²) >= 11 is 9.88. The largest absolute Gasteiger partial charge is 1.00 e. The molecule has 0 saturated heterocycles. The van der Waals surface area contributed by atoms with Crippen LogP contribution < -0.4 is 34.5 Å². The van der Waals surface area contributed by atoms with Crippen molar-refractivity contribution < 1.29 is 29.6 Å². The average Bonchev–Trinajstić information content (AvgIpc) is 2.07. The van der Waals surface area contributed by atoms with E-state index >= 15 is 0 Å². The van der Waals surface area contributed by atoms with Crippen LogP contribution >= 0.6 is 12.2 Å². The molecule has 13 heavy (non-hydrogen) atoms. The van der Waals surface area contributed by atoms with Crippen LogP contribution in [0.5, 0.6) is 0 Å². The quantitative estimate of drug-likeness (QED) is 0.370. The monoisotopic (exact) mass is 219 g/mol. The van der Waals surface area contributed by atoms with E-state index in [0.29, 0.717) is 4.32 Å². The van der Waals surface area contributed by atoms with Gasteiger partial charge in [0.2, 0.25) is 0 Å². The molecule has 0 heterocycles. The molecular formula is C9H10NNaS2. The number of thiocarbonyl (C=S) groups is 1. The zero-order valence-corrected chi connectivity index (χ0v) is 11.5. The summed E-state index contributed by atoms with van der Waals surface area (Å²) in [4.78, 5) is 1.92. The molecule has 64 valence electrons. The van der Waals surface area contributed by atoms with Crippen LogP contribution in [0.2, 0.25) is 0 Å². The van der Waals surface area contributed by atoms with Crippen molar-refractivity contribution in [2.45, 2.75) is 6.92 Å². The van der Waals surface area contributed by atoms with Gasteiger partial charge < -0.3 is 29.7 Å². The number of para-hydroxylation sites is 1. The molecule has 0 fully saturated rings. The minimum absolute atomic E-state index is 0. The van der Waals surface area contributed by atoms with Crippen LogP contribution in [0.3, 0.4) is 0 Å². The Hall–Kier alpha value is 0.330. The van der Waals surface area contributed by atoms with Crippen molar-refractivity contribution in [3.63, 3.8) is 0 Å². The summed E-state index contributed by atoms with van der Waals surface area (Å²) in [5, 5.41) is 0. The molecule has 0 aromatic heterocycles. The van der Waals surface area contributed by atoms with E-state index in [1.54, 1.807) is 0 Å². The van der Waals surface area contributed by atoms with Gasteiger partial charge in [0, 0.05) is 12.2 Å². The fourth-order valence-electron chi connectivity index (χ4n) is 1.03. The SMILES string of the molecule is CCN(C(=S)[S-])c1ccccc1.[Na+]. The van der Waals surface area contributed by atoms with Crippen molar-refractivity contribution in [2.24, 2.45) is 0 Å². The Bertz CT molecular complexity index is 264. The van der Waals surface area contributed by atoms with Gasteiger partial charge in [0.1, 0.15) is 0 Å². The Labute approximate surface area is 112 Å². The van der Waals surface area contributed by atoms with Crippen LogP contribution in [0.15, 0.2) is 30.3 Å². The summed E-state index contributed by atoms with van der Waals surface area (Å²) in [6.07, 6.45) is 0. The van der Waals surface area contributed by atoms with Gasteiger partial charge in [-0.25, -0.2) is 0 Å². The van der Waals surface area contributed by atoms with Crippen LogP contribution in [-0.4, -0.2) is 10.9 Å². The van der Waals surface area contributed by atoms with Crippen LogP contribution in [0.25, 0.3) is 0 Å². The van der Waals surface area contributed by atoms with Crippen molar-refractivity contribution in [2.75, 3.05) is 11.4 Å². The molecule has 1 aromatic rings. The topological polar surface area (TPSA) is 3.24 Å². The number of hydrogen-bond acceptors (Lipinski definition) is 2. The summed E-state index contributed by atoms with van der Waals surface area (Å²) in [6.45, 7) is 2.86. The first-order chi connectivity index (χ1) is 5.75. The standard InChI is InChI=1S/C9H11NS2.Na/c1-2-10(9(11)12)8-6-4-3-5-7-8;/h3-7H,2H2,1H3,(H,11,12);/q;+1/p-1. The van der Waals surface area contributed by atoms with Crippen LogP contribution in [0.4, 0.5) is 5.69 Å². The molecule has 0 N–H and O–H groups in total. The van der Waals surface area contributed by atoms with Gasteiger partial charge in [-0.1, -0.05) is 22.5 Å². The number of benzene rings is 1. The van der Waals surface area contributed by atoms with Gasteiger partial charge in [0.05, 0.1) is 0 Å². The van der Waals surface area contributed by atoms with Crippen molar-refractivity contribution >= 4 is 34.9 Å². The summed E-state index contributed by atoms with van der Waals surface area (Å²) in [5.41, 5.74) is 1.07. The molecule has 1 rings (SSSR count). The Morgan fingerprint density at radius 1 is 1.38 bits per heavy atom. The molecule has 0 aliphatic heterocycles. The van der Waals surface area contributed by atoms with Gasteiger partial charge in [-0.15, -0.1) is 0 Å². The number of nitrogens with zero attached hydrogens (tertiary/aromatic N) is 1. The Morgan fingerprint density at radius 3 is 2.31 bits per heavy atom. The molecule has 0 bridgehead atoms. The third-order valence-corrected chi connectivity index (χ3v) is 2.05. The van der Waals surface area contributed by atoms with E-state index in [1.165, 1.54) is 0 Å². The first-order valence-electron chi connectivity index (χ1n) is 3.79. The second-order valence-corrected chi connectivity index (χ2v) is 3.38. The van der Waals surface area contributed by atoms with Crippen molar-refractivity contribution in [1.29, 1.82) is 0 Å². The van der Waals surface area contributed by atoms with Crippen molar-refractivity contribution in [1.82, 2.24) is 0 Å². The van der Waals surface area contributed by atoms with Crippen LogP contribution in [0, 0.1) is 0 Å². The molecule has 0 amide bonds. The normalized spacial score (nSPS) is 8.69. The summed E-state index contributed by atoms with van der Waals surface area (Å²) in [5.74, 6) is 0. The molecule has 0 atom stereocenters. The molecule has 0 unspecified atom stereocenters. The van der Waals surface area contributed by atoms with Crippen LogP contribution in [-0.2, 0) is 12.6 Å². The van der Waals surface area contributed by atoms with E-state index in [0.717, 1.165) is 12.2 Å². The third kappa shape index (κ3) is 3.92. The maximum absolute atomic E-state index is 4.94. The molecule has 4 heteroatoms. The maximum atomic E-state index is 4.94. The van der Waals surface area contributed by atoms with Gasteiger partial charge in [0.15, 0.2) is 0 Å². The predicted molar refractivity (Wildman–Crippen MR) is 59.4 cm³/mol. The van der Waals surface area contributed by atoms with Gasteiger partial charge in [-0.3, -0.25) is 0 Å². The second-order valence-electron chi connectivity index (χ2n) is 2.35. The maximum Gasteiger partial charge on any atom is 1.00 e. The minimum atomic E-state index is 0. The van der Waals surface area contributed by atoms with Gasteiger partial charge in [-0.05, 0) is 19.1 Å². The smallest absolute Gasteiger partial charge is 0.411 e. The summed E-state index contributed by atoms with van der Waals surface area (Å²) in [6, 6.07) is 9.94. The molecule has 0 radical (unpaired) electrons. The minimum Gasteiger partial charge on any atom is -0.411 e.